The highest BCUT2D eigenvalue weighted by atomic mass is 32.2. The van der Waals surface area contributed by atoms with Crippen LogP contribution in [-0.2, 0) is 19.4 Å². The third-order valence-corrected chi connectivity index (χ3v) is 5.37. The molecule has 7 heteroatoms. The Hall–Kier alpha value is -1.55. The summed E-state index contributed by atoms with van der Waals surface area (Å²) < 4.78 is 22.9. The lowest BCUT2D eigenvalue weighted by Crippen LogP contribution is -2.42. The van der Waals surface area contributed by atoms with Crippen LogP contribution in [0.25, 0.3) is 0 Å². The SMILES string of the molecule is C#CCN(C(=O)[C@@H]1C[C@@H]1C(=O)O)C1CCS(=O)(=O)C1. The van der Waals surface area contributed by atoms with Crippen LogP contribution in [0.4, 0.5) is 0 Å². The number of nitrogens with zero attached hydrogens (tertiary/aromatic N) is 1. The molecule has 0 radical (unpaired) electrons. The van der Waals surface area contributed by atoms with E-state index in [2.05, 4.69) is 5.92 Å². The third kappa shape index (κ3) is 2.89. The van der Waals surface area contributed by atoms with Crippen molar-refractivity contribution in [2.45, 2.75) is 18.9 Å². The number of sulfone groups is 1. The van der Waals surface area contributed by atoms with Gasteiger partial charge in [-0.2, -0.15) is 0 Å². The van der Waals surface area contributed by atoms with Gasteiger partial charge in [-0.05, 0) is 12.8 Å². The molecule has 1 saturated carbocycles. The molecule has 0 spiro atoms. The second-order valence-electron chi connectivity index (χ2n) is 5.01. The summed E-state index contributed by atoms with van der Waals surface area (Å²) in [6.45, 7) is 0.0296. The van der Waals surface area contributed by atoms with Gasteiger partial charge >= 0.3 is 5.97 Å². The van der Waals surface area contributed by atoms with E-state index in [0.717, 1.165) is 0 Å². The Balaban J connectivity index is 2.07. The highest BCUT2D eigenvalue weighted by Gasteiger charge is 2.51. The van der Waals surface area contributed by atoms with Crippen molar-refractivity contribution >= 4 is 21.7 Å². The highest BCUT2D eigenvalue weighted by Crippen LogP contribution is 2.40. The number of terminal acetylenes is 1. The first-order chi connectivity index (χ1) is 8.85. The highest BCUT2D eigenvalue weighted by molar-refractivity contribution is 7.91. The first-order valence-electron chi connectivity index (χ1n) is 6.03. The van der Waals surface area contributed by atoms with E-state index in [-0.39, 0.29) is 24.0 Å². The summed E-state index contributed by atoms with van der Waals surface area (Å²) in [7, 11) is -3.11. The number of rotatable bonds is 4. The fourth-order valence-electron chi connectivity index (χ4n) is 2.46. The molecule has 104 valence electrons. The van der Waals surface area contributed by atoms with E-state index in [4.69, 9.17) is 11.5 Å². The van der Waals surface area contributed by atoms with Gasteiger partial charge in [0.2, 0.25) is 5.91 Å². The summed E-state index contributed by atoms with van der Waals surface area (Å²) in [5.74, 6) is -0.190. The first kappa shape index (κ1) is 13.9. The van der Waals surface area contributed by atoms with Gasteiger partial charge in [-0.25, -0.2) is 8.42 Å². The molecule has 2 aliphatic rings. The number of carboxylic acids is 1. The summed E-state index contributed by atoms with van der Waals surface area (Å²) >= 11 is 0. The Labute approximate surface area is 111 Å². The molecule has 6 nitrogen and oxygen atoms in total. The molecular weight excluding hydrogens is 270 g/mol. The first-order valence-corrected chi connectivity index (χ1v) is 7.85. The van der Waals surface area contributed by atoms with Crippen LogP contribution in [0.15, 0.2) is 0 Å². The van der Waals surface area contributed by atoms with Crippen LogP contribution < -0.4 is 0 Å². The summed E-state index contributed by atoms with van der Waals surface area (Å²) in [6, 6.07) is -0.413. The molecule has 1 unspecified atom stereocenters. The van der Waals surface area contributed by atoms with Crippen LogP contribution in [0.2, 0.25) is 0 Å². The smallest absolute Gasteiger partial charge is 0.307 e. The fourth-order valence-corrected chi connectivity index (χ4v) is 4.19. The average Bonchev–Trinajstić information content (AvgIpc) is 3.05. The minimum Gasteiger partial charge on any atom is -0.481 e. The zero-order chi connectivity index (χ0) is 14.2. The average molecular weight is 285 g/mol. The van der Waals surface area contributed by atoms with Gasteiger partial charge in [0.25, 0.3) is 0 Å². The predicted octanol–water partition coefficient (Wildman–Crippen LogP) is -0.644. The number of aliphatic carboxylic acids is 1. The second kappa shape index (κ2) is 4.85. The molecule has 0 aromatic heterocycles. The lowest BCUT2D eigenvalue weighted by molar-refractivity contribution is -0.142. The van der Waals surface area contributed by atoms with Crippen molar-refractivity contribution in [1.82, 2.24) is 4.90 Å². The van der Waals surface area contributed by atoms with E-state index < -0.39 is 33.7 Å². The molecule has 1 heterocycles. The maximum atomic E-state index is 12.2. The molecule has 1 amide bonds. The van der Waals surface area contributed by atoms with Gasteiger partial charge in [0.05, 0.1) is 29.9 Å². The summed E-state index contributed by atoms with van der Waals surface area (Å²) in [5, 5.41) is 8.83. The topological polar surface area (TPSA) is 91.8 Å². The largest absolute Gasteiger partial charge is 0.481 e. The van der Waals surface area contributed by atoms with E-state index in [9.17, 15) is 18.0 Å². The van der Waals surface area contributed by atoms with Gasteiger partial charge in [-0.3, -0.25) is 9.59 Å². The van der Waals surface area contributed by atoms with Gasteiger partial charge in [-0.1, -0.05) is 5.92 Å². The standard InChI is InChI=1S/C12H15NO5S/c1-2-4-13(8-3-5-19(17,18)7-8)11(14)9-6-10(9)12(15)16/h1,8-10H,3-7H2,(H,15,16)/t8?,9-,10+/m1/s1. The minimum atomic E-state index is -3.11. The Morgan fingerprint density at radius 1 is 1.37 bits per heavy atom. The van der Waals surface area contributed by atoms with E-state index in [1.807, 2.05) is 0 Å². The van der Waals surface area contributed by atoms with E-state index in [1.165, 1.54) is 4.90 Å². The molecule has 1 N–H and O–H groups in total. The Bertz CT molecular complexity index is 547. The summed E-state index contributed by atoms with van der Waals surface area (Å²) in [4.78, 5) is 24.3. The van der Waals surface area contributed by atoms with Crippen molar-refractivity contribution in [2.24, 2.45) is 11.8 Å². The zero-order valence-electron chi connectivity index (χ0n) is 10.3. The molecule has 1 aliphatic carbocycles. The molecule has 1 saturated heterocycles. The van der Waals surface area contributed by atoms with Crippen LogP contribution in [0.5, 0.6) is 0 Å². The molecule has 2 rings (SSSR count). The van der Waals surface area contributed by atoms with Crippen LogP contribution in [0, 0.1) is 24.2 Å². The molecule has 0 aromatic carbocycles. The summed E-state index contributed by atoms with van der Waals surface area (Å²) in [5.41, 5.74) is 0. The minimum absolute atomic E-state index is 0.0296. The van der Waals surface area contributed by atoms with Gasteiger partial charge < -0.3 is 10.0 Å². The lowest BCUT2D eigenvalue weighted by atomic mass is 10.2. The molecule has 0 bridgehead atoms. The zero-order valence-corrected chi connectivity index (χ0v) is 11.1. The Kier molecular flexibility index (Phi) is 3.54. The van der Waals surface area contributed by atoms with Crippen molar-refractivity contribution in [1.29, 1.82) is 0 Å². The fraction of sp³-hybridized carbons (Fsp3) is 0.667. The van der Waals surface area contributed by atoms with Gasteiger partial charge in [-0.15, -0.1) is 6.42 Å². The van der Waals surface area contributed by atoms with Gasteiger partial charge in [0, 0.05) is 6.04 Å². The number of carbonyl (C=O) groups excluding carboxylic acids is 1. The van der Waals surface area contributed by atoms with Gasteiger partial charge in [0.15, 0.2) is 9.84 Å². The maximum Gasteiger partial charge on any atom is 0.307 e. The van der Waals surface area contributed by atoms with Crippen LogP contribution in [0.1, 0.15) is 12.8 Å². The van der Waals surface area contributed by atoms with Crippen molar-refractivity contribution in [3.05, 3.63) is 0 Å². The molecular formula is C12H15NO5S. The monoisotopic (exact) mass is 285 g/mol. The molecule has 19 heavy (non-hydrogen) atoms. The Morgan fingerprint density at radius 3 is 2.47 bits per heavy atom. The van der Waals surface area contributed by atoms with E-state index in [0.29, 0.717) is 12.8 Å². The summed E-state index contributed by atoms with van der Waals surface area (Å²) in [6.07, 6.45) is 5.90. The number of hydrogen-bond donors (Lipinski definition) is 1. The molecule has 0 aromatic rings. The van der Waals surface area contributed by atoms with E-state index >= 15 is 0 Å². The quantitative estimate of drug-likeness (QED) is 0.693. The number of amides is 1. The number of carbonyl (C=O) groups is 2. The normalized spacial score (nSPS) is 31.4. The van der Waals surface area contributed by atoms with Crippen LogP contribution >= 0.6 is 0 Å². The van der Waals surface area contributed by atoms with Crippen LogP contribution in [-0.4, -0.2) is 54.4 Å². The number of carboxylic acid groups (broad SMARTS) is 1. The number of hydrogen-bond acceptors (Lipinski definition) is 4. The maximum absolute atomic E-state index is 12.2. The van der Waals surface area contributed by atoms with Crippen molar-refractivity contribution in [2.75, 3.05) is 18.1 Å². The van der Waals surface area contributed by atoms with E-state index in [1.54, 1.807) is 0 Å². The lowest BCUT2D eigenvalue weighted by Gasteiger charge is -2.26. The van der Waals surface area contributed by atoms with Gasteiger partial charge in [0.1, 0.15) is 0 Å². The van der Waals surface area contributed by atoms with Crippen molar-refractivity contribution < 1.29 is 23.1 Å². The molecule has 1 aliphatic heterocycles. The van der Waals surface area contributed by atoms with Crippen LogP contribution in [0.3, 0.4) is 0 Å². The third-order valence-electron chi connectivity index (χ3n) is 3.62. The molecule has 3 atom stereocenters. The second-order valence-corrected chi connectivity index (χ2v) is 7.24. The van der Waals surface area contributed by atoms with Crippen molar-refractivity contribution in [3.8, 4) is 12.3 Å². The molecule has 2 fully saturated rings. The Morgan fingerprint density at radius 2 is 2.05 bits per heavy atom. The predicted molar refractivity (Wildman–Crippen MR) is 66.8 cm³/mol. The van der Waals surface area contributed by atoms with Crippen molar-refractivity contribution in [3.63, 3.8) is 0 Å².